The van der Waals surface area contributed by atoms with Gasteiger partial charge in [0.15, 0.2) is 11.5 Å². The van der Waals surface area contributed by atoms with E-state index in [1.807, 2.05) is 36.4 Å². The Morgan fingerprint density at radius 3 is 2.77 bits per heavy atom. The Bertz CT molecular complexity index is 738. The van der Waals surface area contributed by atoms with Crippen LogP contribution in [0.5, 0.6) is 11.5 Å². The molecule has 0 amide bonds. The van der Waals surface area contributed by atoms with Crippen LogP contribution in [-0.4, -0.2) is 7.11 Å². The van der Waals surface area contributed by atoms with Gasteiger partial charge in [0.25, 0.3) is 0 Å². The Kier molecular flexibility index (Phi) is 5.88. The monoisotopic (exact) mass is 377 g/mol. The number of halogens is 2. The molecule has 5 heteroatoms. The zero-order valence-corrected chi connectivity index (χ0v) is 14.2. The fourth-order valence-electron chi connectivity index (χ4n) is 1.87. The molecule has 112 valence electrons. The molecule has 0 aliphatic carbocycles. The first-order chi connectivity index (χ1) is 10.7. The Morgan fingerprint density at radius 1 is 1.32 bits per heavy atom. The summed E-state index contributed by atoms with van der Waals surface area (Å²) in [5, 5.41) is 9.26. The third kappa shape index (κ3) is 4.03. The number of allylic oxidation sites excluding steroid dienone is 1. The lowest BCUT2D eigenvalue weighted by Gasteiger charge is -2.14. The van der Waals surface area contributed by atoms with Crippen LogP contribution < -0.4 is 9.47 Å². The van der Waals surface area contributed by atoms with Gasteiger partial charge in [-0.25, -0.2) is 0 Å². The minimum absolute atomic E-state index is 0.335. The highest BCUT2D eigenvalue weighted by molar-refractivity contribution is 9.10. The first-order valence-corrected chi connectivity index (χ1v) is 7.62. The van der Waals surface area contributed by atoms with E-state index < -0.39 is 0 Å². The summed E-state index contributed by atoms with van der Waals surface area (Å²) in [5.41, 5.74) is 1.74. The van der Waals surface area contributed by atoms with E-state index in [4.69, 9.17) is 26.3 Å². The molecule has 0 saturated carbocycles. The SMILES string of the molecule is COc1cc(/C=C/C#N)cc(Br)c1OCc1ccccc1Cl. The molecule has 0 unspecified atom stereocenters. The maximum absolute atomic E-state index is 8.60. The molecule has 0 aromatic heterocycles. The van der Waals surface area contributed by atoms with E-state index >= 15 is 0 Å². The average molecular weight is 379 g/mol. The van der Waals surface area contributed by atoms with Crippen molar-refractivity contribution >= 4 is 33.6 Å². The molecule has 0 fully saturated rings. The van der Waals surface area contributed by atoms with Crippen molar-refractivity contribution in [2.45, 2.75) is 6.61 Å². The van der Waals surface area contributed by atoms with Crippen LogP contribution in [0, 0.1) is 11.3 Å². The largest absolute Gasteiger partial charge is 0.493 e. The van der Waals surface area contributed by atoms with Crippen LogP contribution in [0.1, 0.15) is 11.1 Å². The number of hydrogen-bond donors (Lipinski definition) is 0. The summed E-state index contributed by atoms with van der Waals surface area (Å²) < 4.78 is 11.9. The van der Waals surface area contributed by atoms with Gasteiger partial charge in [-0.1, -0.05) is 29.8 Å². The van der Waals surface area contributed by atoms with Crippen molar-refractivity contribution in [1.29, 1.82) is 5.26 Å². The predicted molar refractivity (Wildman–Crippen MR) is 91.1 cm³/mol. The number of benzene rings is 2. The maximum Gasteiger partial charge on any atom is 0.175 e. The fraction of sp³-hybridized carbons (Fsp3) is 0.118. The van der Waals surface area contributed by atoms with Gasteiger partial charge in [0.05, 0.1) is 17.7 Å². The number of nitrogens with zero attached hydrogens (tertiary/aromatic N) is 1. The minimum Gasteiger partial charge on any atom is -0.493 e. The summed E-state index contributed by atoms with van der Waals surface area (Å²) in [6.45, 7) is 0.335. The van der Waals surface area contributed by atoms with E-state index in [1.165, 1.54) is 6.08 Å². The standard InChI is InChI=1S/C17H13BrClNO2/c1-21-16-10-12(5-4-8-20)9-14(18)17(16)22-11-13-6-2-3-7-15(13)19/h2-7,9-10H,11H2,1H3/b5-4+. The molecule has 2 aromatic rings. The van der Waals surface area contributed by atoms with Crippen LogP contribution in [-0.2, 0) is 6.61 Å². The normalized spacial score (nSPS) is 10.5. The lowest BCUT2D eigenvalue weighted by Crippen LogP contribution is -1.99. The molecule has 0 spiro atoms. The molecule has 0 N–H and O–H groups in total. The Hall–Kier alpha value is -1.96. The molecule has 2 aromatic carbocycles. The Balaban J connectivity index is 2.25. The molecule has 2 rings (SSSR count). The van der Waals surface area contributed by atoms with E-state index in [2.05, 4.69) is 15.9 Å². The Labute approximate surface area is 142 Å². The first kappa shape index (κ1) is 16.4. The lowest BCUT2D eigenvalue weighted by atomic mass is 10.2. The molecule has 0 aliphatic rings. The van der Waals surface area contributed by atoms with Crippen LogP contribution in [0.3, 0.4) is 0 Å². The molecule has 0 bridgehead atoms. The van der Waals surface area contributed by atoms with Gasteiger partial charge < -0.3 is 9.47 Å². The molecule has 22 heavy (non-hydrogen) atoms. The molecule has 0 heterocycles. The summed E-state index contributed by atoms with van der Waals surface area (Å²) in [7, 11) is 1.57. The smallest absolute Gasteiger partial charge is 0.175 e. The van der Waals surface area contributed by atoms with Crippen molar-refractivity contribution < 1.29 is 9.47 Å². The third-order valence-electron chi connectivity index (χ3n) is 2.93. The van der Waals surface area contributed by atoms with Crippen LogP contribution in [0.2, 0.25) is 5.02 Å². The van der Waals surface area contributed by atoms with Crippen molar-refractivity contribution in [3.8, 4) is 17.6 Å². The topological polar surface area (TPSA) is 42.2 Å². The zero-order chi connectivity index (χ0) is 15.9. The first-order valence-electron chi connectivity index (χ1n) is 6.45. The molecule has 0 atom stereocenters. The van der Waals surface area contributed by atoms with Crippen molar-refractivity contribution in [2.24, 2.45) is 0 Å². The van der Waals surface area contributed by atoms with Crippen LogP contribution in [0.15, 0.2) is 46.9 Å². The van der Waals surface area contributed by atoms with E-state index in [-0.39, 0.29) is 0 Å². The summed E-state index contributed by atoms with van der Waals surface area (Å²) in [4.78, 5) is 0. The fourth-order valence-corrected chi connectivity index (χ4v) is 2.64. The highest BCUT2D eigenvalue weighted by Gasteiger charge is 2.12. The minimum atomic E-state index is 0.335. The molecule has 0 saturated heterocycles. The number of nitriles is 1. The molecular formula is C17H13BrClNO2. The van der Waals surface area contributed by atoms with Crippen molar-refractivity contribution in [3.63, 3.8) is 0 Å². The molecular weight excluding hydrogens is 366 g/mol. The van der Waals surface area contributed by atoms with Crippen molar-refractivity contribution in [2.75, 3.05) is 7.11 Å². The summed E-state index contributed by atoms with van der Waals surface area (Å²) in [6.07, 6.45) is 3.11. The van der Waals surface area contributed by atoms with Crippen LogP contribution >= 0.6 is 27.5 Å². The number of hydrogen-bond acceptors (Lipinski definition) is 3. The van der Waals surface area contributed by atoms with Gasteiger partial charge in [0, 0.05) is 16.7 Å². The highest BCUT2D eigenvalue weighted by Crippen LogP contribution is 2.37. The highest BCUT2D eigenvalue weighted by atomic mass is 79.9. The van der Waals surface area contributed by atoms with Gasteiger partial charge in [0.1, 0.15) is 6.61 Å². The van der Waals surface area contributed by atoms with Crippen LogP contribution in [0.4, 0.5) is 0 Å². The average Bonchev–Trinajstić information content (AvgIpc) is 2.52. The third-order valence-corrected chi connectivity index (χ3v) is 3.89. The van der Waals surface area contributed by atoms with E-state index in [0.29, 0.717) is 23.1 Å². The molecule has 0 radical (unpaired) electrons. The van der Waals surface area contributed by atoms with Gasteiger partial charge in [-0.05, 0) is 45.8 Å². The Morgan fingerprint density at radius 2 is 2.09 bits per heavy atom. The van der Waals surface area contributed by atoms with Gasteiger partial charge in [-0.15, -0.1) is 0 Å². The summed E-state index contributed by atoms with van der Waals surface area (Å²) >= 11 is 9.59. The van der Waals surface area contributed by atoms with Crippen molar-refractivity contribution in [1.82, 2.24) is 0 Å². The second kappa shape index (κ2) is 7.88. The van der Waals surface area contributed by atoms with Gasteiger partial charge in [0.2, 0.25) is 0 Å². The second-order valence-electron chi connectivity index (χ2n) is 4.38. The van der Waals surface area contributed by atoms with E-state index in [1.54, 1.807) is 19.3 Å². The summed E-state index contributed by atoms with van der Waals surface area (Å²) in [5.74, 6) is 1.18. The number of rotatable bonds is 5. The summed E-state index contributed by atoms with van der Waals surface area (Å²) in [6, 6.07) is 13.1. The van der Waals surface area contributed by atoms with Crippen molar-refractivity contribution in [3.05, 3.63) is 63.1 Å². The van der Waals surface area contributed by atoms with Gasteiger partial charge >= 0.3 is 0 Å². The molecule has 0 aliphatic heterocycles. The van der Waals surface area contributed by atoms with Gasteiger partial charge in [-0.3, -0.25) is 0 Å². The predicted octanol–water partition coefficient (Wildman–Crippen LogP) is 5.23. The number of ether oxygens (including phenoxy) is 2. The van der Waals surface area contributed by atoms with Gasteiger partial charge in [-0.2, -0.15) is 5.26 Å². The maximum atomic E-state index is 8.60. The molecule has 3 nitrogen and oxygen atoms in total. The second-order valence-corrected chi connectivity index (χ2v) is 5.64. The lowest BCUT2D eigenvalue weighted by molar-refractivity contribution is 0.282. The van der Waals surface area contributed by atoms with Crippen LogP contribution in [0.25, 0.3) is 6.08 Å². The van der Waals surface area contributed by atoms with E-state index in [9.17, 15) is 0 Å². The number of methoxy groups -OCH3 is 1. The quantitative estimate of drug-likeness (QED) is 0.669. The zero-order valence-electron chi connectivity index (χ0n) is 11.8. The van der Waals surface area contributed by atoms with E-state index in [0.717, 1.165) is 15.6 Å².